The van der Waals surface area contributed by atoms with Gasteiger partial charge in [0.05, 0.1) is 17.6 Å². The van der Waals surface area contributed by atoms with E-state index in [0.717, 1.165) is 27.2 Å². The van der Waals surface area contributed by atoms with Crippen LogP contribution in [0.2, 0.25) is 0 Å². The van der Waals surface area contributed by atoms with E-state index in [4.69, 9.17) is 0 Å². The van der Waals surface area contributed by atoms with E-state index in [9.17, 15) is 9.59 Å². The highest BCUT2D eigenvalue weighted by Crippen LogP contribution is 2.22. The van der Waals surface area contributed by atoms with Gasteiger partial charge in [0.2, 0.25) is 11.8 Å². The first-order valence-electron chi connectivity index (χ1n) is 10.4. The Balaban J connectivity index is 1.50. The third-order valence-corrected chi connectivity index (χ3v) is 5.40. The summed E-state index contributed by atoms with van der Waals surface area (Å²) in [5.74, 6) is -0.480. The smallest absolute Gasteiger partial charge is 0.247 e. The van der Waals surface area contributed by atoms with Gasteiger partial charge in [-0.25, -0.2) is 0 Å². The molecule has 2 N–H and O–H groups in total. The van der Waals surface area contributed by atoms with Gasteiger partial charge in [-0.2, -0.15) is 0 Å². The van der Waals surface area contributed by atoms with Crippen LogP contribution in [-0.4, -0.2) is 22.8 Å². The fourth-order valence-corrected chi connectivity index (χ4v) is 3.80. The Hall–Kier alpha value is -3.73. The van der Waals surface area contributed by atoms with Crippen molar-refractivity contribution in [3.63, 3.8) is 0 Å². The van der Waals surface area contributed by atoms with Crippen LogP contribution in [0.15, 0.2) is 79.0 Å². The molecule has 0 aliphatic heterocycles. The van der Waals surface area contributed by atoms with Crippen LogP contribution in [0.1, 0.15) is 19.4 Å². The van der Waals surface area contributed by atoms with Crippen molar-refractivity contribution in [2.45, 2.75) is 26.3 Å². The van der Waals surface area contributed by atoms with Crippen LogP contribution in [-0.2, 0) is 16.0 Å². The number of benzene rings is 3. The summed E-state index contributed by atoms with van der Waals surface area (Å²) in [4.78, 5) is 30.2. The molecule has 0 bridgehead atoms. The van der Waals surface area contributed by atoms with Crippen LogP contribution in [0.3, 0.4) is 0 Å². The van der Waals surface area contributed by atoms with E-state index in [0.29, 0.717) is 5.69 Å². The number of carbonyl (C=O) groups excluding carboxylic acids is 2. The van der Waals surface area contributed by atoms with Crippen molar-refractivity contribution in [3.8, 4) is 0 Å². The number of nitrogens with one attached hydrogen (secondary N) is 2. The number of amides is 2. The lowest BCUT2D eigenvalue weighted by atomic mass is 10.00. The summed E-state index contributed by atoms with van der Waals surface area (Å²) in [5, 5.41) is 8.91. The molecule has 0 saturated carbocycles. The average molecular weight is 412 g/mol. The Kier molecular flexibility index (Phi) is 5.94. The quantitative estimate of drug-likeness (QED) is 0.483. The first-order chi connectivity index (χ1) is 15.0. The van der Waals surface area contributed by atoms with Gasteiger partial charge in [-0.3, -0.25) is 14.6 Å². The van der Waals surface area contributed by atoms with E-state index in [2.05, 4.69) is 15.6 Å². The van der Waals surface area contributed by atoms with Crippen molar-refractivity contribution in [2.24, 2.45) is 5.92 Å². The normalized spacial score (nSPS) is 12.1. The molecule has 1 atom stereocenters. The van der Waals surface area contributed by atoms with Crippen LogP contribution in [0.5, 0.6) is 0 Å². The lowest BCUT2D eigenvalue weighted by molar-refractivity contribution is -0.127. The van der Waals surface area contributed by atoms with Gasteiger partial charge in [0.1, 0.15) is 6.04 Å². The predicted molar refractivity (Wildman–Crippen MR) is 125 cm³/mol. The van der Waals surface area contributed by atoms with Gasteiger partial charge >= 0.3 is 0 Å². The number of rotatable bonds is 6. The molecule has 5 heteroatoms. The molecule has 3 aromatic carbocycles. The number of pyridine rings is 1. The zero-order valence-corrected chi connectivity index (χ0v) is 17.6. The molecule has 0 spiro atoms. The van der Waals surface area contributed by atoms with Crippen LogP contribution in [0.25, 0.3) is 21.7 Å². The molecule has 0 aliphatic rings. The zero-order valence-electron chi connectivity index (χ0n) is 17.6. The second kappa shape index (κ2) is 8.96. The van der Waals surface area contributed by atoms with Gasteiger partial charge in [0.15, 0.2) is 0 Å². The van der Waals surface area contributed by atoms with E-state index in [1.807, 2.05) is 86.6 Å². The number of anilines is 1. The summed E-state index contributed by atoms with van der Waals surface area (Å²) in [5.41, 5.74) is 2.43. The van der Waals surface area contributed by atoms with Crippen molar-refractivity contribution < 1.29 is 9.59 Å². The van der Waals surface area contributed by atoms with Crippen molar-refractivity contribution in [1.29, 1.82) is 0 Å². The van der Waals surface area contributed by atoms with Gasteiger partial charge in [-0.1, -0.05) is 62.4 Å². The second-order valence-corrected chi connectivity index (χ2v) is 7.97. The molecular weight excluding hydrogens is 386 g/mol. The molecule has 0 saturated heterocycles. The lowest BCUT2D eigenvalue weighted by Gasteiger charge is -2.22. The molecule has 2 amide bonds. The SMILES string of the molecule is CC(C)C(NC(=O)Cc1cccc2ccccc12)C(=O)Nc1cccc2ncccc12. The lowest BCUT2D eigenvalue weighted by Crippen LogP contribution is -2.47. The zero-order chi connectivity index (χ0) is 21.8. The fourth-order valence-electron chi connectivity index (χ4n) is 3.80. The standard InChI is InChI=1S/C26H25N3O2/c1-17(2)25(26(31)28-23-14-6-13-22-21(23)12-7-15-27-22)29-24(30)16-19-10-5-9-18-8-3-4-11-20(18)19/h3-15,17,25H,16H2,1-2H3,(H,28,31)(H,29,30). The number of carbonyl (C=O) groups is 2. The van der Waals surface area contributed by atoms with Crippen LogP contribution < -0.4 is 10.6 Å². The molecular formula is C26H25N3O2. The third kappa shape index (κ3) is 4.56. The largest absolute Gasteiger partial charge is 0.344 e. The maximum absolute atomic E-state index is 13.1. The molecule has 0 fully saturated rings. The van der Waals surface area contributed by atoms with Crippen molar-refractivity contribution in [2.75, 3.05) is 5.32 Å². The van der Waals surface area contributed by atoms with E-state index in [1.54, 1.807) is 6.20 Å². The van der Waals surface area contributed by atoms with Gasteiger partial charge in [-0.15, -0.1) is 0 Å². The van der Waals surface area contributed by atoms with E-state index in [1.165, 1.54) is 0 Å². The van der Waals surface area contributed by atoms with Gasteiger partial charge in [0.25, 0.3) is 0 Å². The molecule has 5 nitrogen and oxygen atoms in total. The summed E-state index contributed by atoms with van der Waals surface area (Å²) in [6, 6.07) is 22.6. The number of aromatic nitrogens is 1. The molecule has 0 radical (unpaired) electrons. The molecule has 1 aromatic heterocycles. The molecule has 1 unspecified atom stereocenters. The molecule has 4 rings (SSSR count). The Labute approximate surface area is 181 Å². The van der Waals surface area contributed by atoms with Gasteiger partial charge in [-0.05, 0) is 46.5 Å². The highest BCUT2D eigenvalue weighted by molar-refractivity contribution is 6.04. The highest BCUT2D eigenvalue weighted by atomic mass is 16.2. The minimum atomic E-state index is -0.644. The van der Waals surface area contributed by atoms with Crippen molar-refractivity contribution in [1.82, 2.24) is 10.3 Å². The summed E-state index contributed by atoms with van der Waals surface area (Å²) in [7, 11) is 0. The Morgan fingerprint density at radius 1 is 0.871 bits per heavy atom. The average Bonchev–Trinajstić information content (AvgIpc) is 2.78. The second-order valence-electron chi connectivity index (χ2n) is 7.97. The fraction of sp³-hybridized carbons (Fsp3) is 0.192. The molecule has 4 aromatic rings. The molecule has 156 valence electrons. The first-order valence-corrected chi connectivity index (χ1v) is 10.4. The third-order valence-electron chi connectivity index (χ3n) is 5.40. The summed E-state index contributed by atoms with van der Waals surface area (Å²) >= 11 is 0. The highest BCUT2D eigenvalue weighted by Gasteiger charge is 2.25. The Morgan fingerprint density at radius 2 is 1.61 bits per heavy atom. The van der Waals surface area contributed by atoms with Gasteiger partial charge in [0, 0.05) is 11.6 Å². The topological polar surface area (TPSA) is 71.1 Å². The molecule has 1 heterocycles. The van der Waals surface area contributed by atoms with Crippen molar-refractivity contribution >= 4 is 39.2 Å². The molecule has 0 aliphatic carbocycles. The van der Waals surface area contributed by atoms with Crippen LogP contribution >= 0.6 is 0 Å². The number of hydrogen-bond donors (Lipinski definition) is 2. The summed E-state index contributed by atoms with van der Waals surface area (Å²) in [6.45, 7) is 3.85. The summed E-state index contributed by atoms with van der Waals surface area (Å²) < 4.78 is 0. The van der Waals surface area contributed by atoms with E-state index >= 15 is 0 Å². The Bertz CT molecular complexity index is 1240. The van der Waals surface area contributed by atoms with Gasteiger partial charge < -0.3 is 10.6 Å². The maximum Gasteiger partial charge on any atom is 0.247 e. The van der Waals surface area contributed by atoms with Crippen LogP contribution in [0, 0.1) is 5.92 Å². The number of nitrogens with zero attached hydrogens (tertiary/aromatic N) is 1. The van der Waals surface area contributed by atoms with Crippen molar-refractivity contribution in [3.05, 3.63) is 84.6 Å². The van der Waals surface area contributed by atoms with E-state index < -0.39 is 6.04 Å². The summed E-state index contributed by atoms with van der Waals surface area (Å²) in [6.07, 6.45) is 1.94. The number of fused-ring (bicyclic) bond motifs is 2. The number of hydrogen-bond acceptors (Lipinski definition) is 3. The maximum atomic E-state index is 13.1. The first kappa shape index (κ1) is 20.5. The van der Waals surface area contributed by atoms with Crippen LogP contribution in [0.4, 0.5) is 5.69 Å². The monoisotopic (exact) mass is 411 g/mol. The Morgan fingerprint density at radius 3 is 2.45 bits per heavy atom. The molecule has 31 heavy (non-hydrogen) atoms. The minimum absolute atomic E-state index is 0.0652. The predicted octanol–water partition coefficient (Wildman–Crippen LogP) is 4.71. The van der Waals surface area contributed by atoms with E-state index in [-0.39, 0.29) is 24.2 Å². The minimum Gasteiger partial charge on any atom is -0.344 e.